The van der Waals surface area contributed by atoms with Crippen LogP contribution in [0.3, 0.4) is 0 Å². The summed E-state index contributed by atoms with van der Waals surface area (Å²) in [6, 6.07) is 5.16. The molecule has 0 aliphatic heterocycles. The van der Waals surface area contributed by atoms with Gasteiger partial charge in [-0.15, -0.1) is 0 Å². The number of ether oxygens (including phenoxy) is 1. The lowest BCUT2D eigenvalue weighted by Gasteiger charge is -2.34. The number of carbonyl (C=O) groups excluding carboxylic acids is 1. The number of hydrogen-bond donors (Lipinski definition) is 1. The molecule has 0 amide bonds. The third-order valence-corrected chi connectivity index (χ3v) is 5.93. The largest absolute Gasteiger partial charge is 0.468 e. The molecule has 0 spiro atoms. The highest BCUT2D eigenvalue weighted by Crippen LogP contribution is 2.31. The molecule has 1 aromatic carbocycles. The second-order valence-corrected chi connectivity index (χ2v) is 7.66. The fourth-order valence-electron chi connectivity index (χ4n) is 3.11. The first kappa shape index (κ1) is 17.0. The molecular weight excluding hydrogens is 302 g/mol. The molecule has 1 fully saturated rings. The van der Waals surface area contributed by atoms with E-state index >= 15 is 0 Å². The van der Waals surface area contributed by atoms with Crippen LogP contribution >= 0.6 is 0 Å². The second-order valence-electron chi connectivity index (χ2n) is 6.01. The number of sulfonamides is 1. The highest BCUT2D eigenvalue weighted by molar-refractivity contribution is 7.89. The van der Waals surface area contributed by atoms with Gasteiger partial charge in [0.1, 0.15) is 5.54 Å². The van der Waals surface area contributed by atoms with Crippen LogP contribution in [0.1, 0.15) is 43.2 Å². The fraction of sp³-hybridized carbons (Fsp3) is 0.562. The minimum atomic E-state index is -3.77. The van der Waals surface area contributed by atoms with Gasteiger partial charge in [0.15, 0.2) is 0 Å². The van der Waals surface area contributed by atoms with Gasteiger partial charge < -0.3 is 4.74 Å². The summed E-state index contributed by atoms with van der Waals surface area (Å²) in [7, 11) is -2.48. The van der Waals surface area contributed by atoms with Crippen LogP contribution in [0.15, 0.2) is 23.1 Å². The Balaban J connectivity index is 2.38. The Labute approximate surface area is 132 Å². The van der Waals surface area contributed by atoms with Gasteiger partial charge in [-0.3, -0.25) is 4.79 Å². The van der Waals surface area contributed by atoms with Crippen molar-refractivity contribution in [3.63, 3.8) is 0 Å². The molecule has 0 bridgehead atoms. The van der Waals surface area contributed by atoms with Gasteiger partial charge in [0.25, 0.3) is 0 Å². The van der Waals surface area contributed by atoms with Crippen molar-refractivity contribution < 1.29 is 17.9 Å². The third-order valence-electron chi connectivity index (χ3n) is 4.23. The average Bonchev–Trinajstić information content (AvgIpc) is 2.46. The maximum absolute atomic E-state index is 12.7. The van der Waals surface area contributed by atoms with Crippen LogP contribution < -0.4 is 4.72 Å². The van der Waals surface area contributed by atoms with Gasteiger partial charge in [0.05, 0.1) is 12.0 Å². The predicted molar refractivity (Wildman–Crippen MR) is 84.1 cm³/mol. The zero-order valence-corrected chi connectivity index (χ0v) is 14.1. The molecule has 2 rings (SSSR count). The number of aryl methyl sites for hydroxylation is 2. The lowest BCUT2D eigenvalue weighted by Crippen LogP contribution is -2.56. The maximum Gasteiger partial charge on any atom is 0.327 e. The van der Waals surface area contributed by atoms with E-state index in [0.717, 1.165) is 24.8 Å². The predicted octanol–water partition coefficient (Wildman–Crippen LogP) is 2.46. The Morgan fingerprint density at radius 1 is 1.18 bits per heavy atom. The topological polar surface area (TPSA) is 72.5 Å². The summed E-state index contributed by atoms with van der Waals surface area (Å²) in [5, 5.41) is 0. The van der Waals surface area contributed by atoms with Crippen LogP contribution in [0.2, 0.25) is 0 Å². The standard InChI is InChI=1S/C16H23NO4S/c1-12-7-8-14(13(2)11-12)22(19,20)17-16(15(18)21-3)9-5-4-6-10-16/h7-8,11,17H,4-6,9-10H2,1-3H3. The monoisotopic (exact) mass is 325 g/mol. The van der Waals surface area contributed by atoms with E-state index in [9.17, 15) is 13.2 Å². The lowest BCUT2D eigenvalue weighted by atomic mass is 9.83. The number of hydrogen-bond acceptors (Lipinski definition) is 4. The Bertz CT molecular complexity index is 661. The molecule has 0 saturated heterocycles. The molecule has 22 heavy (non-hydrogen) atoms. The van der Waals surface area contributed by atoms with Gasteiger partial charge in [0, 0.05) is 0 Å². The van der Waals surface area contributed by atoms with Crippen molar-refractivity contribution in [1.29, 1.82) is 0 Å². The lowest BCUT2D eigenvalue weighted by molar-refractivity contribution is -0.149. The maximum atomic E-state index is 12.7. The second kappa shape index (κ2) is 6.38. The Morgan fingerprint density at radius 2 is 1.82 bits per heavy atom. The van der Waals surface area contributed by atoms with Crippen molar-refractivity contribution in [2.45, 2.75) is 56.4 Å². The van der Waals surface area contributed by atoms with Crippen LogP contribution in [-0.4, -0.2) is 27.0 Å². The number of rotatable bonds is 4. The van der Waals surface area contributed by atoms with Crippen molar-refractivity contribution >= 4 is 16.0 Å². The van der Waals surface area contributed by atoms with E-state index in [0.29, 0.717) is 18.4 Å². The molecule has 0 atom stereocenters. The first-order chi connectivity index (χ1) is 10.3. The van der Waals surface area contributed by atoms with Crippen molar-refractivity contribution in [3.05, 3.63) is 29.3 Å². The van der Waals surface area contributed by atoms with E-state index < -0.39 is 21.5 Å². The zero-order valence-electron chi connectivity index (χ0n) is 13.3. The van der Waals surface area contributed by atoms with E-state index in [2.05, 4.69) is 4.72 Å². The molecule has 0 aromatic heterocycles. The quantitative estimate of drug-likeness (QED) is 0.863. The highest BCUT2D eigenvalue weighted by Gasteiger charge is 2.44. The zero-order chi connectivity index (χ0) is 16.4. The number of benzene rings is 1. The van der Waals surface area contributed by atoms with Gasteiger partial charge in [-0.1, -0.05) is 37.0 Å². The van der Waals surface area contributed by atoms with Crippen molar-refractivity contribution in [2.75, 3.05) is 7.11 Å². The Morgan fingerprint density at radius 3 is 2.36 bits per heavy atom. The molecule has 122 valence electrons. The normalized spacial score (nSPS) is 18.0. The summed E-state index contributed by atoms with van der Waals surface area (Å²) in [4.78, 5) is 12.4. The molecule has 0 heterocycles. The molecular formula is C16H23NO4S. The van der Waals surface area contributed by atoms with Crippen molar-refractivity contribution in [2.24, 2.45) is 0 Å². The molecule has 1 aromatic rings. The number of nitrogens with one attached hydrogen (secondary N) is 1. The van der Waals surface area contributed by atoms with E-state index in [-0.39, 0.29) is 4.90 Å². The Hall–Kier alpha value is -1.40. The molecule has 1 N–H and O–H groups in total. The first-order valence-electron chi connectivity index (χ1n) is 7.50. The van der Waals surface area contributed by atoms with Crippen LogP contribution in [0, 0.1) is 13.8 Å². The van der Waals surface area contributed by atoms with Gasteiger partial charge in [-0.05, 0) is 38.3 Å². The van der Waals surface area contributed by atoms with Crippen LogP contribution in [0.25, 0.3) is 0 Å². The number of esters is 1. The fourth-order valence-corrected chi connectivity index (χ4v) is 4.75. The summed E-state index contributed by atoms with van der Waals surface area (Å²) in [5.74, 6) is -0.500. The van der Waals surface area contributed by atoms with Crippen LogP contribution in [0.4, 0.5) is 0 Å². The summed E-state index contributed by atoms with van der Waals surface area (Å²) in [5.41, 5.74) is 0.531. The van der Waals surface area contributed by atoms with Crippen molar-refractivity contribution in [1.82, 2.24) is 4.72 Å². The van der Waals surface area contributed by atoms with Gasteiger partial charge >= 0.3 is 5.97 Å². The van der Waals surface area contributed by atoms with E-state index in [1.165, 1.54) is 7.11 Å². The van der Waals surface area contributed by atoms with E-state index in [1.807, 2.05) is 13.0 Å². The summed E-state index contributed by atoms with van der Waals surface area (Å²) in [6.45, 7) is 3.67. The van der Waals surface area contributed by atoms with Gasteiger partial charge in [0.2, 0.25) is 10.0 Å². The van der Waals surface area contributed by atoms with Gasteiger partial charge in [-0.2, -0.15) is 4.72 Å². The minimum absolute atomic E-state index is 0.215. The van der Waals surface area contributed by atoms with Crippen LogP contribution in [0.5, 0.6) is 0 Å². The van der Waals surface area contributed by atoms with Crippen molar-refractivity contribution in [3.8, 4) is 0 Å². The van der Waals surface area contributed by atoms with E-state index in [4.69, 9.17) is 4.74 Å². The highest BCUT2D eigenvalue weighted by atomic mass is 32.2. The molecule has 5 nitrogen and oxygen atoms in total. The minimum Gasteiger partial charge on any atom is -0.468 e. The Kier molecular flexibility index (Phi) is 4.92. The molecule has 1 aliphatic carbocycles. The average molecular weight is 325 g/mol. The SMILES string of the molecule is COC(=O)C1(NS(=O)(=O)c2ccc(C)cc2C)CCCCC1. The summed E-state index contributed by atoms with van der Waals surface area (Å²) >= 11 is 0. The third kappa shape index (κ3) is 3.33. The van der Waals surface area contributed by atoms with Gasteiger partial charge in [-0.25, -0.2) is 8.42 Å². The summed E-state index contributed by atoms with van der Waals surface area (Å²) < 4.78 is 33.0. The number of methoxy groups -OCH3 is 1. The van der Waals surface area contributed by atoms with Crippen LogP contribution in [-0.2, 0) is 19.6 Å². The molecule has 6 heteroatoms. The molecule has 1 saturated carbocycles. The molecule has 0 unspecified atom stereocenters. The number of carbonyl (C=O) groups is 1. The smallest absolute Gasteiger partial charge is 0.327 e. The molecule has 1 aliphatic rings. The molecule has 0 radical (unpaired) electrons. The summed E-state index contributed by atoms with van der Waals surface area (Å²) in [6.07, 6.45) is 3.58. The first-order valence-corrected chi connectivity index (χ1v) is 8.99. The van der Waals surface area contributed by atoms with E-state index in [1.54, 1.807) is 19.1 Å².